The molecule has 1 amide bonds. The summed E-state index contributed by atoms with van der Waals surface area (Å²) in [7, 11) is 0. The number of hydrogen-bond donors (Lipinski definition) is 1. The van der Waals surface area contributed by atoms with Gasteiger partial charge >= 0.3 is 0 Å². The molecule has 0 aliphatic carbocycles. The first-order valence-electron chi connectivity index (χ1n) is 5.82. The number of unbranched alkanes of at least 4 members (excludes halogenated alkanes) is 1. The van der Waals surface area contributed by atoms with E-state index in [0.717, 1.165) is 12.8 Å². The van der Waals surface area contributed by atoms with E-state index in [4.69, 9.17) is 22.6 Å². The molecular formula is C13H16ClN3O. The Bertz CT molecular complexity index is 468. The van der Waals surface area contributed by atoms with Gasteiger partial charge in [0.15, 0.2) is 0 Å². The maximum Gasteiger partial charge on any atom is 0.236 e. The topological polar surface area (TPSA) is 70.1 Å². The standard InChI is InChI=1S/C13H16ClN3O/c1-2-3-7-17(9-13(16)18)12-6-4-5-11(14)10(12)8-15/h4-6H,2-3,7,9H2,1H3,(H2,16,18). The Balaban J connectivity index is 3.08. The predicted octanol–water partition coefficient (Wildman–Crippen LogP) is 2.30. The Kier molecular flexibility index (Phi) is 5.47. The lowest BCUT2D eigenvalue weighted by atomic mass is 10.1. The second-order valence-corrected chi connectivity index (χ2v) is 4.39. The maximum absolute atomic E-state index is 11.1. The highest BCUT2D eigenvalue weighted by molar-refractivity contribution is 6.32. The zero-order valence-corrected chi connectivity index (χ0v) is 11.1. The quantitative estimate of drug-likeness (QED) is 0.858. The summed E-state index contributed by atoms with van der Waals surface area (Å²) in [4.78, 5) is 12.9. The van der Waals surface area contributed by atoms with Crippen molar-refractivity contribution < 1.29 is 4.79 Å². The van der Waals surface area contributed by atoms with Gasteiger partial charge in [-0.25, -0.2) is 0 Å². The molecule has 96 valence electrons. The molecule has 0 spiro atoms. The maximum atomic E-state index is 11.1. The molecule has 1 aromatic carbocycles. The third kappa shape index (κ3) is 3.64. The van der Waals surface area contributed by atoms with E-state index in [2.05, 4.69) is 13.0 Å². The van der Waals surface area contributed by atoms with E-state index < -0.39 is 5.91 Å². The number of anilines is 1. The summed E-state index contributed by atoms with van der Waals surface area (Å²) < 4.78 is 0. The van der Waals surface area contributed by atoms with E-state index in [1.807, 2.05) is 0 Å². The molecule has 0 saturated carbocycles. The average Bonchev–Trinajstić information content (AvgIpc) is 2.33. The zero-order valence-electron chi connectivity index (χ0n) is 10.3. The fourth-order valence-electron chi connectivity index (χ4n) is 1.71. The van der Waals surface area contributed by atoms with Crippen LogP contribution >= 0.6 is 11.6 Å². The molecule has 0 bridgehead atoms. The van der Waals surface area contributed by atoms with Crippen molar-refractivity contribution in [2.24, 2.45) is 5.73 Å². The highest BCUT2D eigenvalue weighted by Gasteiger charge is 2.15. The van der Waals surface area contributed by atoms with Gasteiger partial charge in [0.2, 0.25) is 5.91 Å². The number of rotatable bonds is 6. The van der Waals surface area contributed by atoms with Crippen LogP contribution in [-0.2, 0) is 4.79 Å². The largest absolute Gasteiger partial charge is 0.368 e. The Morgan fingerprint density at radius 2 is 2.28 bits per heavy atom. The van der Waals surface area contributed by atoms with Gasteiger partial charge in [-0.1, -0.05) is 31.0 Å². The van der Waals surface area contributed by atoms with E-state index >= 15 is 0 Å². The molecule has 0 radical (unpaired) electrons. The SMILES string of the molecule is CCCCN(CC(N)=O)c1cccc(Cl)c1C#N. The molecule has 4 nitrogen and oxygen atoms in total. The van der Waals surface area contributed by atoms with Crippen molar-refractivity contribution in [3.63, 3.8) is 0 Å². The molecule has 0 aliphatic heterocycles. The van der Waals surface area contributed by atoms with E-state index in [9.17, 15) is 4.79 Å². The molecule has 0 saturated heterocycles. The van der Waals surface area contributed by atoms with E-state index in [0.29, 0.717) is 22.8 Å². The second kappa shape index (κ2) is 6.87. The van der Waals surface area contributed by atoms with Crippen LogP contribution in [0.25, 0.3) is 0 Å². The van der Waals surface area contributed by atoms with Crippen molar-refractivity contribution in [3.8, 4) is 6.07 Å². The monoisotopic (exact) mass is 265 g/mol. The molecule has 0 fully saturated rings. The molecule has 0 atom stereocenters. The number of primary amides is 1. The fraction of sp³-hybridized carbons (Fsp3) is 0.385. The molecule has 1 rings (SSSR count). The Morgan fingerprint density at radius 1 is 1.56 bits per heavy atom. The minimum Gasteiger partial charge on any atom is -0.368 e. The highest BCUT2D eigenvalue weighted by Crippen LogP contribution is 2.26. The molecule has 2 N–H and O–H groups in total. The number of halogens is 1. The van der Waals surface area contributed by atoms with Crippen LogP contribution in [0.3, 0.4) is 0 Å². The molecule has 0 unspecified atom stereocenters. The van der Waals surface area contributed by atoms with Crippen molar-refractivity contribution in [1.29, 1.82) is 5.26 Å². The Morgan fingerprint density at radius 3 is 2.83 bits per heavy atom. The average molecular weight is 266 g/mol. The van der Waals surface area contributed by atoms with Crippen LogP contribution in [0, 0.1) is 11.3 Å². The van der Waals surface area contributed by atoms with Crippen LogP contribution in [0.15, 0.2) is 18.2 Å². The van der Waals surface area contributed by atoms with Crippen molar-refractivity contribution in [1.82, 2.24) is 0 Å². The van der Waals surface area contributed by atoms with Gasteiger partial charge in [-0.2, -0.15) is 5.26 Å². The summed E-state index contributed by atoms with van der Waals surface area (Å²) in [5.41, 5.74) is 6.29. The van der Waals surface area contributed by atoms with E-state index in [1.165, 1.54) is 0 Å². The number of carbonyl (C=O) groups is 1. The lowest BCUT2D eigenvalue weighted by molar-refractivity contribution is -0.116. The summed E-state index contributed by atoms with van der Waals surface area (Å²) in [5.74, 6) is -0.421. The van der Waals surface area contributed by atoms with Crippen molar-refractivity contribution in [3.05, 3.63) is 28.8 Å². The van der Waals surface area contributed by atoms with Gasteiger partial charge in [0.1, 0.15) is 6.07 Å². The first kappa shape index (κ1) is 14.3. The van der Waals surface area contributed by atoms with Gasteiger partial charge in [0, 0.05) is 6.54 Å². The van der Waals surface area contributed by atoms with Crippen LogP contribution in [-0.4, -0.2) is 19.0 Å². The lowest BCUT2D eigenvalue weighted by Crippen LogP contribution is -2.35. The van der Waals surface area contributed by atoms with Crippen molar-refractivity contribution in [2.45, 2.75) is 19.8 Å². The van der Waals surface area contributed by atoms with Gasteiger partial charge in [-0.05, 0) is 18.6 Å². The minimum atomic E-state index is -0.421. The number of hydrogen-bond acceptors (Lipinski definition) is 3. The van der Waals surface area contributed by atoms with Crippen LogP contribution in [0.1, 0.15) is 25.3 Å². The molecular weight excluding hydrogens is 250 g/mol. The lowest BCUT2D eigenvalue weighted by Gasteiger charge is -2.24. The van der Waals surface area contributed by atoms with Gasteiger partial charge in [-0.3, -0.25) is 4.79 Å². The highest BCUT2D eigenvalue weighted by atomic mass is 35.5. The zero-order chi connectivity index (χ0) is 13.5. The van der Waals surface area contributed by atoms with Crippen molar-refractivity contribution in [2.75, 3.05) is 18.0 Å². The third-order valence-corrected chi connectivity index (χ3v) is 2.89. The minimum absolute atomic E-state index is 0.0923. The predicted molar refractivity (Wildman–Crippen MR) is 72.5 cm³/mol. The molecule has 0 heterocycles. The van der Waals surface area contributed by atoms with Gasteiger partial charge < -0.3 is 10.6 Å². The molecule has 0 aromatic heterocycles. The number of nitrogens with two attached hydrogens (primary N) is 1. The van der Waals surface area contributed by atoms with Crippen LogP contribution in [0.2, 0.25) is 5.02 Å². The summed E-state index contributed by atoms with van der Waals surface area (Å²) in [6, 6.07) is 7.27. The van der Waals surface area contributed by atoms with Crippen LogP contribution in [0.5, 0.6) is 0 Å². The number of amides is 1. The van der Waals surface area contributed by atoms with Gasteiger partial charge in [0.05, 0.1) is 22.8 Å². The normalized spacial score (nSPS) is 9.83. The van der Waals surface area contributed by atoms with Crippen LogP contribution < -0.4 is 10.6 Å². The number of benzene rings is 1. The third-order valence-electron chi connectivity index (χ3n) is 2.57. The molecule has 1 aromatic rings. The Labute approximate surface area is 112 Å². The second-order valence-electron chi connectivity index (χ2n) is 3.99. The van der Waals surface area contributed by atoms with Gasteiger partial charge in [-0.15, -0.1) is 0 Å². The smallest absolute Gasteiger partial charge is 0.236 e. The van der Waals surface area contributed by atoms with Gasteiger partial charge in [0.25, 0.3) is 0 Å². The first-order chi connectivity index (χ1) is 8.60. The number of nitriles is 1. The molecule has 18 heavy (non-hydrogen) atoms. The number of nitrogens with zero attached hydrogens (tertiary/aromatic N) is 2. The van der Waals surface area contributed by atoms with Crippen molar-refractivity contribution >= 4 is 23.2 Å². The number of carbonyl (C=O) groups excluding carboxylic acids is 1. The summed E-state index contributed by atoms with van der Waals surface area (Å²) in [6.07, 6.45) is 1.92. The van der Waals surface area contributed by atoms with Crippen LogP contribution in [0.4, 0.5) is 5.69 Å². The molecule has 0 aliphatic rings. The first-order valence-corrected chi connectivity index (χ1v) is 6.19. The summed E-state index contributed by atoms with van der Waals surface area (Å²) in [6.45, 7) is 2.83. The fourth-order valence-corrected chi connectivity index (χ4v) is 1.92. The summed E-state index contributed by atoms with van der Waals surface area (Å²) in [5, 5.41) is 9.52. The Hall–Kier alpha value is -1.73. The van der Waals surface area contributed by atoms with E-state index in [1.54, 1.807) is 23.1 Å². The van der Waals surface area contributed by atoms with E-state index in [-0.39, 0.29) is 6.54 Å². The summed E-state index contributed by atoms with van der Waals surface area (Å²) >= 11 is 5.98. The molecule has 5 heteroatoms.